The summed E-state index contributed by atoms with van der Waals surface area (Å²) in [5, 5.41) is 3.40. The SMILES string of the molecule is CCNC(COc1cccc(C)c1F)c1ccccc1C. The first-order valence-corrected chi connectivity index (χ1v) is 7.30. The lowest BCUT2D eigenvalue weighted by Gasteiger charge is -2.21. The third kappa shape index (κ3) is 3.82. The molecule has 0 bridgehead atoms. The highest BCUT2D eigenvalue weighted by molar-refractivity contribution is 5.31. The van der Waals surface area contributed by atoms with Crippen LogP contribution in [0.5, 0.6) is 5.75 Å². The van der Waals surface area contributed by atoms with Gasteiger partial charge >= 0.3 is 0 Å². The Morgan fingerprint density at radius 1 is 1.05 bits per heavy atom. The molecule has 0 aliphatic heterocycles. The van der Waals surface area contributed by atoms with Crippen molar-refractivity contribution in [1.82, 2.24) is 5.32 Å². The van der Waals surface area contributed by atoms with Crippen LogP contribution in [0.25, 0.3) is 0 Å². The van der Waals surface area contributed by atoms with E-state index in [0.29, 0.717) is 17.9 Å². The largest absolute Gasteiger partial charge is 0.489 e. The van der Waals surface area contributed by atoms with Gasteiger partial charge in [0.05, 0.1) is 6.04 Å². The van der Waals surface area contributed by atoms with Crippen LogP contribution in [-0.4, -0.2) is 13.2 Å². The van der Waals surface area contributed by atoms with Crippen molar-refractivity contribution in [2.24, 2.45) is 0 Å². The van der Waals surface area contributed by atoms with Gasteiger partial charge in [-0.2, -0.15) is 0 Å². The molecule has 112 valence electrons. The summed E-state index contributed by atoms with van der Waals surface area (Å²) in [4.78, 5) is 0. The lowest BCUT2D eigenvalue weighted by Crippen LogP contribution is -2.27. The van der Waals surface area contributed by atoms with E-state index in [1.807, 2.05) is 18.2 Å². The first kappa shape index (κ1) is 15.5. The van der Waals surface area contributed by atoms with Crippen molar-refractivity contribution >= 4 is 0 Å². The molecule has 2 aromatic carbocycles. The molecule has 2 aromatic rings. The number of likely N-dealkylation sites (N-methyl/N-ethyl adjacent to an activating group) is 1. The van der Waals surface area contributed by atoms with Gasteiger partial charge in [-0.05, 0) is 43.1 Å². The van der Waals surface area contributed by atoms with Gasteiger partial charge in [0.1, 0.15) is 6.61 Å². The molecule has 0 amide bonds. The monoisotopic (exact) mass is 287 g/mol. The smallest absolute Gasteiger partial charge is 0.167 e. The summed E-state index contributed by atoms with van der Waals surface area (Å²) in [6.07, 6.45) is 0. The van der Waals surface area contributed by atoms with E-state index in [1.165, 1.54) is 11.1 Å². The second kappa shape index (κ2) is 7.23. The Labute approximate surface area is 126 Å². The minimum absolute atomic E-state index is 0.0520. The molecule has 1 atom stereocenters. The molecule has 3 heteroatoms. The summed E-state index contributed by atoms with van der Waals surface area (Å²) >= 11 is 0. The van der Waals surface area contributed by atoms with E-state index in [4.69, 9.17) is 4.74 Å². The Morgan fingerprint density at radius 2 is 1.76 bits per heavy atom. The molecule has 0 heterocycles. The summed E-state index contributed by atoms with van der Waals surface area (Å²) in [7, 11) is 0. The van der Waals surface area contributed by atoms with Gasteiger partial charge < -0.3 is 10.1 Å². The highest BCUT2D eigenvalue weighted by atomic mass is 19.1. The van der Waals surface area contributed by atoms with E-state index in [0.717, 1.165) is 6.54 Å². The Hall–Kier alpha value is -1.87. The van der Waals surface area contributed by atoms with Crippen LogP contribution in [0.1, 0.15) is 29.7 Å². The fraction of sp³-hybridized carbons (Fsp3) is 0.333. The number of ether oxygens (including phenoxy) is 1. The van der Waals surface area contributed by atoms with Crippen LogP contribution in [0.3, 0.4) is 0 Å². The van der Waals surface area contributed by atoms with Gasteiger partial charge in [0.2, 0.25) is 0 Å². The molecule has 0 fully saturated rings. The van der Waals surface area contributed by atoms with Crippen LogP contribution >= 0.6 is 0 Å². The molecule has 0 aromatic heterocycles. The van der Waals surface area contributed by atoms with E-state index in [1.54, 1.807) is 19.1 Å². The van der Waals surface area contributed by atoms with Crippen molar-refractivity contribution in [2.75, 3.05) is 13.2 Å². The number of benzene rings is 2. The molecular weight excluding hydrogens is 265 g/mol. The van der Waals surface area contributed by atoms with Gasteiger partial charge in [-0.15, -0.1) is 0 Å². The van der Waals surface area contributed by atoms with E-state index in [-0.39, 0.29) is 11.9 Å². The third-order valence-corrected chi connectivity index (χ3v) is 3.58. The number of aryl methyl sites for hydroxylation is 2. The maximum atomic E-state index is 14.0. The van der Waals surface area contributed by atoms with Crippen molar-refractivity contribution in [3.05, 3.63) is 65.0 Å². The van der Waals surface area contributed by atoms with E-state index in [2.05, 4.69) is 31.3 Å². The molecule has 0 radical (unpaired) electrons. The van der Waals surface area contributed by atoms with Crippen LogP contribution < -0.4 is 10.1 Å². The second-order valence-electron chi connectivity index (χ2n) is 5.16. The predicted octanol–water partition coefficient (Wildman–Crippen LogP) is 4.17. The Kier molecular flexibility index (Phi) is 5.34. The van der Waals surface area contributed by atoms with Gasteiger partial charge in [-0.3, -0.25) is 0 Å². The molecule has 2 rings (SSSR count). The Morgan fingerprint density at radius 3 is 2.48 bits per heavy atom. The highest BCUT2D eigenvalue weighted by Gasteiger charge is 2.14. The van der Waals surface area contributed by atoms with Crippen molar-refractivity contribution < 1.29 is 9.13 Å². The maximum Gasteiger partial charge on any atom is 0.167 e. The fourth-order valence-corrected chi connectivity index (χ4v) is 2.39. The lowest BCUT2D eigenvalue weighted by atomic mass is 10.0. The van der Waals surface area contributed by atoms with Crippen molar-refractivity contribution in [1.29, 1.82) is 0 Å². The van der Waals surface area contributed by atoms with Crippen molar-refractivity contribution in [3.63, 3.8) is 0 Å². The average molecular weight is 287 g/mol. The van der Waals surface area contributed by atoms with Gasteiger partial charge in [-0.25, -0.2) is 4.39 Å². The van der Waals surface area contributed by atoms with E-state index < -0.39 is 0 Å². The Balaban J connectivity index is 2.14. The summed E-state index contributed by atoms with van der Waals surface area (Å²) in [5.41, 5.74) is 2.99. The number of rotatable bonds is 6. The number of halogens is 1. The summed E-state index contributed by atoms with van der Waals surface area (Å²) < 4.78 is 19.7. The standard InChI is InChI=1S/C18H22FNO/c1-4-20-16(15-10-6-5-8-13(15)2)12-21-17-11-7-9-14(3)18(17)19/h5-11,16,20H,4,12H2,1-3H3. The van der Waals surface area contributed by atoms with Crippen LogP contribution in [0.15, 0.2) is 42.5 Å². The van der Waals surface area contributed by atoms with Crippen LogP contribution in [0, 0.1) is 19.7 Å². The third-order valence-electron chi connectivity index (χ3n) is 3.58. The summed E-state index contributed by atoms with van der Waals surface area (Å²) in [5.74, 6) is 0.0315. The molecular formula is C18H22FNO. The minimum Gasteiger partial charge on any atom is -0.489 e. The molecule has 2 nitrogen and oxygen atoms in total. The molecule has 1 unspecified atom stereocenters. The summed E-state index contributed by atoms with van der Waals surface area (Å²) in [6, 6.07) is 13.5. The lowest BCUT2D eigenvalue weighted by molar-refractivity contribution is 0.256. The molecule has 0 saturated heterocycles. The molecule has 0 saturated carbocycles. The quantitative estimate of drug-likeness (QED) is 0.861. The Bertz CT molecular complexity index is 598. The fourth-order valence-electron chi connectivity index (χ4n) is 2.39. The zero-order chi connectivity index (χ0) is 15.2. The minimum atomic E-state index is -0.280. The van der Waals surface area contributed by atoms with Gasteiger partial charge in [0.15, 0.2) is 11.6 Å². The molecule has 1 N–H and O–H groups in total. The topological polar surface area (TPSA) is 21.3 Å². The van der Waals surface area contributed by atoms with Crippen LogP contribution in [0.4, 0.5) is 4.39 Å². The van der Waals surface area contributed by atoms with Gasteiger partial charge in [0.25, 0.3) is 0 Å². The zero-order valence-corrected chi connectivity index (χ0v) is 12.8. The number of nitrogens with one attached hydrogen (secondary N) is 1. The average Bonchev–Trinajstić information content (AvgIpc) is 2.48. The first-order chi connectivity index (χ1) is 10.1. The summed E-state index contributed by atoms with van der Waals surface area (Å²) in [6.45, 7) is 7.11. The van der Waals surface area contributed by atoms with E-state index in [9.17, 15) is 4.39 Å². The van der Waals surface area contributed by atoms with Crippen molar-refractivity contribution in [2.45, 2.75) is 26.8 Å². The molecule has 0 aliphatic carbocycles. The number of hydrogen-bond donors (Lipinski definition) is 1. The van der Waals surface area contributed by atoms with E-state index >= 15 is 0 Å². The normalized spacial score (nSPS) is 12.2. The van der Waals surface area contributed by atoms with Crippen LogP contribution in [-0.2, 0) is 0 Å². The highest BCUT2D eigenvalue weighted by Crippen LogP contribution is 2.23. The van der Waals surface area contributed by atoms with Gasteiger partial charge in [-0.1, -0.05) is 43.3 Å². The predicted molar refractivity (Wildman–Crippen MR) is 84.2 cm³/mol. The first-order valence-electron chi connectivity index (χ1n) is 7.30. The zero-order valence-electron chi connectivity index (χ0n) is 12.8. The molecule has 0 aliphatic rings. The second-order valence-corrected chi connectivity index (χ2v) is 5.16. The molecule has 21 heavy (non-hydrogen) atoms. The number of hydrogen-bond acceptors (Lipinski definition) is 2. The molecule has 0 spiro atoms. The van der Waals surface area contributed by atoms with Crippen molar-refractivity contribution in [3.8, 4) is 5.75 Å². The van der Waals surface area contributed by atoms with Gasteiger partial charge in [0, 0.05) is 0 Å². The maximum absolute atomic E-state index is 14.0. The van der Waals surface area contributed by atoms with Crippen LogP contribution in [0.2, 0.25) is 0 Å².